The number of amides is 2. The van der Waals surface area contributed by atoms with Crippen LogP contribution in [0, 0.1) is 12.8 Å². The van der Waals surface area contributed by atoms with Gasteiger partial charge in [-0.25, -0.2) is 9.78 Å². The highest BCUT2D eigenvalue weighted by molar-refractivity contribution is 6.33. The largest absolute Gasteiger partial charge is 0.423 e. The van der Waals surface area contributed by atoms with Gasteiger partial charge in [0, 0.05) is 37.7 Å². The van der Waals surface area contributed by atoms with E-state index in [0.29, 0.717) is 39.8 Å². The second kappa shape index (κ2) is 7.33. The second-order valence-corrected chi connectivity index (χ2v) is 9.05. The third kappa shape index (κ3) is 3.37. The summed E-state index contributed by atoms with van der Waals surface area (Å²) < 4.78 is 7.42. The predicted octanol–water partition coefficient (Wildman–Crippen LogP) is 4.15. The molecule has 2 aliphatic rings. The highest BCUT2D eigenvalue weighted by atomic mass is 35.5. The minimum absolute atomic E-state index is 0.154. The van der Waals surface area contributed by atoms with Gasteiger partial charge in [0.1, 0.15) is 11.9 Å². The molecule has 2 amide bonds. The normalized spacial score (nSPS) is 25.1. The summed E-state index contributed by atoms with van der Waals surface area (Å²) in [6, 6.07) is 5.29. The standard InChI is InChI=1S/C21H24ClN7O2/c1-12-4-6-15-10-21(9-12,19-26-25-13(2)31-19)29(15)20(30)24-14-5-7-17(22)16(8-14)18-23-11-28(3)27-18/h5,7-8,11-12,15H,4,6,9-10H2,1-3H3,(H,24,30)/t12-,15-,21+/m1/s1. The molecule has 31 heavy (non-hydrogen) atoms. The van der Waals surface area contributed by atoms with E-state index < -0.39 is 5.54 Å². The van der Waals surface area contributed by atoms with Gasteiger partial charge in [-0.3, -0.25) is 4.68 Å². The Balaban J connectivity index is 1.44. The Morgan fingerprint density at radius 2 is 2.13 bits per heavy atom. The van der Waals surface area contributed by atoms with Gasteiger partial charge in [0.15, 0.2) is 5.82 Å². The molecule has 2 bridgehead atoms. The van der Waals surface area contributed by atoms with Crippen LogP contribution in [0.2, 0.25) is 5.02 Å². The number of urea groups is 1. The quantitative estimate of drug-likeness (QED) is 0.655. The van der Waals surface area contributed by atoms with Crippen molar-refractivity contribution in [2.75, 3.05) is 5.32 Å². The summed E-state index contributed by atoms with van der Waals surface area (Å²) in [5, 5.41) is 16.2. The molecule has 1 saturated heterocycles. The van der Waals surface area contributed by atoms with Gasteiger partial charge in [-0.05, 0) is 43.4 Å². The number of aryl methyl sites for hydroxylation is 2. The van der Waals surface area contributed by atoms with Crippen molar-refractivity contribution < 1.29 is 9.21 Å². The second-order valence-electron chi connectivity index (χ2n) is 8.64. The molecule has 1 aliphatic heterocycles. The van der Waals surface area contributed by atoms with Crippen molar-refractivity contribution >= 4 is 23.3 Å². The Morgan fingerprint density at radius 1 is 1.29 bits per heavy atom. The van der Waals surface area contributed by atoms with Crippen molar-refractivity contribution in [3.8, 4) is 11.4 Å². The topological polar surface area (TPSA) is 102 Å². The summed E-state index contributed by atoms with van der Waals surface area (Å²) in [7, 11) is 1.79. The molecule has 162 valence electrons. The summed E-state index contributed by atoms with van der Waals surface area (Å²) >= 11 is 6.36. The molecular formula is C21H24ClN7O2. The van der Waals surface area contributed by atoms with Crippen LogP contribution in [-0.4, -0.2) is 41.9 Å². The highest BCUT2D eigenvalue weighted by Crippen LogP contribution is 2.53. The first-order chi connectivity index (χ1) is 14.9. The number of carbonyl (C=O) groups is 1. The van der Waals surface area contributed by atoms with Crippen LogP contribution in [0.5, 0.6) is 0 Å². The van der Waals surface area contributed by atoms with Crippen LogP contribution < -0.4 is 5.32 Å². The van der Waals surface area contributed by atoms with Crippen molar-refractivity contribution in [2.24, 2.45) is 13.0 Å². The molecule has 2 aromatic heterocycles. The number of nitrogens with zero attached hydrogens (tertiary/aromatic N) is 6. The molecule has 1 aromatic carbocycles. The fourth-order valence-corrected chi connectivity index (χ4v) is 5.13. The van der Waals surface area contributed by atoms with Crippen molar-refractivity contribution in [2.45, 2.75) is 51.1 Å². The summed E-state index contributed by atoms with van der Waals surface area (Å²) in [6.07, 6.45) is 5.30. The average molecular weight is 442 g/mol. The lowest BCUT2D eigenvalue weighted by Crippen LogP contribution is -2.66. The van der Waals surface area contributed by atoms with Crippen LogP contribution in [-0.2, 0) is 12.6 Å². The Labute approximate surface area is 184 Å². The lowest BCUT2D eigenvalue weighted by Gasteiger charge is -2.55. The summed E-state index contributed by atoms with van der Waals surface area (Å²) in [5.41, 5.74) is 0.742. The molecule has 3 aromatic rings. The molecule has 2 fully saturated rings. The number of nitrogens with one attached hydrogen (secondary N) is 1. The van der Waals surface area contributed by atoms with Crippen LogP contribution >= 0.6 is 11.6 Å². The third-order valence-electron chi connectivity index (χ3n) is 6.28. The molecule has 10 heteroatoms. The molecule has 3 heterocycles. The number of aromatic nitrogens is 5. The van der Waals surface area contributed by atoms with E-state index >= 15 is 0 Å². The first kappa shape index (κ1) is 20.0. The summed E-state index contributed by atoms with van der Waals surface area (Å²) in [6.45, 7) is 3.99. The number of hydrogen-bond acceptors (Lipinski definition) is 6. The lowest BCUT2D eigenvalue weighted by molar-refractivity contribution is -0.0517. The smallest absolute Gasteiger partial charge is 0.322 e. The number of hydrogen-bond donors (Lipinski definition) is 1. The van der Waals surface area contributed by atoms with E-state index in [9.17, 15) is 4.79 Å². The van der Waals surface area contributed by atoms with Gasteiger partial charge < -0.3 is 14.6 Å². The number of fused-ring (bicyclic) bond motifs is 2. The fourth-order valence-electron chi connectivity index (χ4n) is 4.93. The van der Waals surface area contributed by atoms with Gasteiger partial charge in [-0.15, -0.1) is 10.2 Å². The van der Waals surface area contributed by atoms with E-state index in [1.165, 1.54) is 0 Å². The minimum atomic E-state index is -0.552. The zero-order chi connectivity index (χ0) is 21.8. The Kier molecular flexibility index (Phi) is 4.73. The molecule has 3 atom stereocenters. The number of halogens is 1. The number of rotatable bonds is 3. The molecule has 0 spiro atoms. The van der Waals surface area contributed by atoms with Crippen molar-refractivity contribution in [1.29, 1.82) is 0 Å². The maximum atomic E-state index is 13.4. The van der Waals surface area contributed by atoms with Crippen LogP contribution in [0.1, 0.15) is 44.4 Å². The van der Waals surface area contributed by atoms with E-state index in [1.54, 1.807) is 43.2 Å². The molecule has 1 aliphatic carbocycles. The Hall–Kier alpha value is -2.94. The highest BCUT2D eigenvalue weighted by Gasteiger charge is 2.60. The Morgan fingerprint density at radius 3 is 2.84 bits per heavy atom. The number of benzene rings is 1. The molecular weight excluding hydrogens is 418 g/mol. The van der Waals surface area contributed by atoms with Crippen LogP contribution in [0.4, 0.5) is 10.5 Å². The van der Waals surface area contributed by atoms with Crippen molar-refractivity contribution in [3.05, 3.63) is 41.3 Å². The zero-order valence-corrected chi connectivity index (χ0v) is 18.4. The SMILES string of the molecule is Cc1nnc([C@]23C[C@H](C)CC[C@H](C2)N3C(=O)Nc2ccc(Cl)c(-c3ncn(C)n3)c2)o1. The Bertz CT molecular complexity index is 1140. The maximum Gasteiger partial charge on any atom is 0.322 e. The van der Waals surface area contributed by atoms with E-state index in [0.717, 1.165) is 25.7 Å². The van der Waals surface area contributed by atoms with Gasteiger partial charge in [-0.1, -0.05) is 18.5 Å². The van der Waals surface area contributed by atoms with Gasteiger partial charge >= 0.3 is 6.03 Å². The molecule has 0 unspecified atom stereocenters. The van der Waals surface area contributed by atoms with Crippen molar-refractivity contribution in [1.82, 2.24) is 29.9 Å². The molecule has 5 rings (SSSR count). The monoisotopic (exact) mass is 441 g/mol. The zero-order valence-electron chi connectivity index (χ0n) is 17.7. The number of likely N-dealkylation sites (tertiary alicyclic amines) is 1. The van der Waals surface area contributed by atoms with E-state index in [4.69, 9.17) is 16.0 Å². The average Bonchev–Trinajstić information content (AvgIpc) is 3.25. The predicted molar refractivity (Wildman–Crippen MR) is 114 cm³/mol. The maximum absolute atomic E-state index is 13.4. The first-order valence-electron chi connectivity index (χ1n) is 10.4. The van der Waals surface area contributed by atoms with Gasteiger partial charge in [-0.2, -0.15) is 5.10 Å². The van der Waals surface area contributed by atoms with E-state index in [-0.39, 0.29) is 12.1 Å². The van der Waals surface area contributed by atoms with Crippen molar-refractivity contribution in [3.63, 3.8) is 0 Å². The van der Waals surface area contributed by atoms with E-state index in [1.807, 2.05) is 4.90 Å². The minimum Gasteiger partial charge on any atom is -0.423 e. The van der Waals surface area contributed by atoms with Gasteiger partial charge in [0.25, 0.3) is 0 Å². The van der Waals surface area contributed by atoms with Crippen LogP contribution in [0.3, 0.4) is 0 Å². The summed E-state index contributed by atoms with van der Waals surface area (Å²) in [5.74, 6) is 2.01. The van der Waals surface area contributed by atoms with Gasteiger partial charge in [0.2, 0.25) is 11.8 Å². The first-order valence-corrected chi connectivity index (χ1v) is 10.8. The third-order valence-corrected chi connectivity index (χ3v) is 6.61. The van der Waals surface area contributed by atoms with E-state index in [2.05, 4.69) is 32.5 Å². The molecule has 1 N–H and O–H groups in total. The lowest BCUT2D eigenvalue weighted by atomic mass is 9.75. The fraction of sp³-hybridized carbons (Fsp3) is 0.476. The molecule has 9 nitrogen and oxygen atoms in total. The molecule has 1 saturated carbocycles. The van der Waals surface area contributed by atoms with Crippen LogP contribution in [0.25, 0.3) is 11.4 Å². The van der Waals surface area contributed by atoms with Gasteiger partial charge in [0.05, 0.1) is 5.02 Å². The van der Waals surface area contributed by atoms with Crippen LogP contribution in [0.15, 0.2) is 28.9 Å². The molecule has 0 radical (unpaired) electrons. The number of carbonyl (C=O) groups excluding carboxylic acids is 1. The number of anilines is 1. The summed E-state index contributed by atoms with van der Waals surface area (Å²) in [4.78, 5) is 19.6.